The summed E-state index contributed by atoms with van der Waals surface area (Å²) >= 11 is 0. The van der Waals surface area contributed by atoms with Gasteiger partial charge in [-0.2, -0.15) is 5.10 Å². The van der Waals surface area contributed by atoms with E-state index in [1.54, 1.807) is 18.4 Å². The van der Waals surface area contributed by atoms with Crippen LogP contribution in [0.2, 0.25) is 0 Å². The number of hydrogen-bond acceptors (Lipinski definition) is 5. The summed E-state index contributed by atoms with van der Waals surface area (Å²) in [5.74, 6) is 2.53. The fraction of sp³-hybridized carbons (Fsp3) is 0.409. The van der Waals surface area contributed by atoms with Crippen LogP contribution >= 0.6 is 24.0 Å². The van der Waals surface area contributed by atoms with Gasteiger partial charge in [0, 0.05) is 44.3 Å². The number of guanidine groups is 1. The van der Waals surface area contributed by atoms with Crippen molar-refractivity contribution >= 4 is 35.6 Å². The quantitative estimate of drug-likeness (QED) is 0.235. The molecule has 1 saturated heterocycles. The van der Waals surface area contributed by atoms with Crippen molar-refractivity contribution in [2.45, 2.75) is 32.2 Å². The average Bonchev–Trinajstić information content (AvgIpc) is 3.46. The van der Waals surface area contributed by atoms with Crippen LogP contribution in [0, 0.1) is 5.82 Å². The van der Waals surface area contributed by atoms with Gasteiger partial charge in [-0.3, -0.25) is 10.1 Å². The maximum absolute atomic E-state index is 13.6. The molecular formula is C22H29FIN7O. The van der Waals surface area contributed by atoms with E-state index in [2.05, 4.69) is 30.7 Å². The van der Waals surface area contributed by atoms with Crippen LogP contribution in [-0.4, -0.2) is 53.4 Å². The largest absolute Gasteiger partial charge is 0.461 e. The van der Waals surface area contributed by atoms with Crippen LogP contribution in [0.5, 0.6) is 0 Å². The highest BCUT2D eigenvalue weighted by molar-refractivity contribution is 14.0. The molecule has 32 heavy (non-hydrogen) atoms. The van der Waals surface area contributed by atoms with E-state index in [0.717, 1.165) is 49.9 Å². The SMILES string of the molecule is CCNC(=NCCc1nc(-c2ccco2)n[nH]1)NC1CCCN(c2cccc(F)c2)C1.I. The fourth-order valence-electron chi connectivity index (χ4n) is 3.71. The Kier molecular flexibility index (Phi) is 8.89. The van der Waals surface area contributed by atoms with Gasteiger partial charge in [0.05, 0.1) is 6.26 Å². The summed E-state index contributed by atoms with van der Waals surface area (Å²) in [4.78, 5) is 11.4. The number of furan rings is 1. The summed E-state index contributed by atoms with van der Waals surface area (Å²) in [5.41, 5.74) is 0.922. The molecule has 1 atom stereocenters. The van der Waals surface area contributed by atoms with Gasteiger partial charge in [-0.1, -0.05) is 6.07 Å². The molecule has 3 heterocycles. The van der Waals surface area contributed by atoms with E-state index in [4.69, 9.17) is 9.41 Å². The summed E-state index contributed by atoms with van der Waals surface area (Å²) in [6.07, 6.45) is 4.33. The lowest BCUT2D eigenvalue weighted by Gasteiger charge is -2.35. The van der Waals surface area contributed by atoms with Crippen molar-refractivity contribution in [2.24, 2.45) is 4.99 Å². The molecular weight excluding hydrogens is 524 g/mol. The van der Waals surface area contributed by atoms with E-state index in [0.29, 0.717) is 24.6 Å². The number of rotatable bonds is 7. The number of aromatic nitrogens is 3. The van der Waals surface area contributed by atoms with Crippen molar-refractivity contribution in [1.29, 1.82) is 0 Å². The van der Waals surface area contributed by atoms with Gasteiger partial charge in [0.15, 0.2) is 11.7 Å². The second-order valence-corrected chi connectivity index (χ2v) is 7.50. The monoisotopic (exact) mass is 553 g/mol. The van der Waals surface area contributed by atoms with Gasteiger partial charge in [-0.15, -0.1) is 24.0 Å². The molecule has 0 saturated carbocycles. The normalized spacial score (nSPS) is 16.5. The van der Waals surface area contributed by atoms with Crippen LogP contribution in [0.1, 0.15) is 25.6 Å². The Hall–Kier alpha value is -2.63. The lowest BCUT2D eigenvalue weighted by atomic mass is 10.0. The summed E-state index contributed by atoms with van der Waals surface area (Å²) in [6, 6.07) is 10.7. The van der Waals surface area contributed by atoms with Crippen LogP contribution in [0.4, 0.5) is 10.1 Å². The molecule has 1 unspecified atom stereocenters. The minimum absolute atomic E-state index is 0. The molecule has 0 radical (unpaired) electrons. The molecule has 8 nitrogen and oxygen atoms in total. The predicted octanol–water partition coefficient (Wildman–Crippen LogP) is 3.59. The number of aliphatic imine (C=N–C) groups is 1. The van der Waals surface area contributed by atoms with Gasteiger partial charge < -0.3 is 20.0 Å². The van der Waals surface area contributed by atoms with Crippen LogP contribution in [0.25, 0.3) is 11.6 Å². The number of anilines is 1. The van der Waals surface area contributed by atoms with E-state index in [9.17, 15) is 4.39 Å². The molecule has 1 aliphatic rings. The van der Waals surface area contributed by atoms with Crippen molar-refractivity contribution in [2.75, 3.05) is 31.1 Å². The van der Waals surface area contributed by atoms with Crippen molar-refractivity contribution in [3.05, 3.63) is 54.3 Å². The molecule has 1 fully saturated rings. The number of nitrogens with zero attached hydrogens (tertiary/aromatic N) is 4. The number of piperidine rings is 1. The molecule has 0 spiro atoms. The van der Waals surface area contributed by atoms with Gasteiger partial charge >= 0.3 is 0 Å². The minimum Gasteiger partial charge on any atom is -0.461 e. The van der Waals surface area contributed by atoms with Crippen LogP contribution in [-0.2, 0) is 6.42 Å². The standard InChI is InChI=1S/C22H28FN7O.HI/c1-2-24-22(25-11-10-20-27-21(29-28-20)19-9-5-13-31-19)26-17-7-4-12-30(15-17)18-8-3-6-16(23)14-18;/h3,5-6,8-9,13-14,17H,2,4,7,10-12,15H2,1H3,(H2,24,25,26)(H,27,28,29);1H. The Morgan fingerprint density at radius 1 is 1.34 bits per heavy atom. The minimum atomic E-state index is -0.204. The van der Waals surface area contributed by atoms with Gasteiger partial charge in [-0.05, 0) is 50.1 Å². The summed E-state index contributed by atoms with van der Waals surface area (Å²) in [5, 5.41) is 14.0. The van der Waals surface area contributed by atoms with Crippen LogP contribution in [0.15, 0.2) is 52.1 Å². The molecule has 0 aliphatic carbocycles. The van der Waals surface area contributed by atoms with Crippen LogP contribution in [0.3, 0.4) is 0 Å². The Morgan fingerprint density at radius 2 is 2.25 bits per heavy atom. The van der Waals surface area contributed by atoms with Crippen LogP contribution < -0.4 is 15.5 Å². The number of hydrogen-bond donors (Lipinski definition) is 3. The van der Waals surface area contributed by atoms with E-state index < -0.39 is 0 Å². The molecule has 3 N–H and O–H groups in total. The molecule has 0 bridgehead atoms. The number of halogens is 2. The average molecular weight is 553 g/mol. The van der Waals surface area contributed by atoms with Crippen molar-refractivity contribution in [1.82, 2.24) is 25.8 Å². The molecule has 10 heteroatoms. The Morgan fingerprint density at radius 3 is 3.03 bits per heavy atom. The lowest BCUT2D eigenvalue weighted by Crippen LogP contribution is -2.51. The Labute approximate surface area is 204 Å². The first-order valence-corrected chi connectivity index (χ1v) is 10.7. The fourth-order valence-corrected chi connectivity index (χ4v) is 3.71. The second-order valence-electron chi connectivity index (χ2n) is 7.50. The maximum atomic E-state index is 13.6. The molecule has 3 aromatic rings. The van der Waals surface area contributed by atoms with E-state index >= 15 is 0 Å². The Balaban J connectivity index is 0.00000289. The predicted molar refractivity (Wildman–Crippen MR) is 134 cm³/mol. The number of nitrogens with one attached hydrogen (secondary N) is 3. The summed E-state index contributed by atoms with van der Waals surface area (Å²) < 4.78 is 18.9. The smallest absolute Gasteiger partial charge is 0.216 e. The molecule has 2 aromatic heterocycles. The first-order chi connectivity index (χ1) is 15.2. The molecule has 4 rings (SSSR count). The van der Waals surface area contributed by atoms with Crippen molar-refractivity contribution in [3.63, 3.8) is 0 Å². The molecule has 172 valence electrons. The Bertz CT molecular complexity index is 992. The summed E-state index contributed by atoms with van der Waals surface area (Å²) in [6.45, 7) is 5.13. The highest BCUT2D eigenvalue weighted by atomic mass is 127. The van der Waals surface area contributed by atoms with E-state index in [1.807, 2.05) is 25.1 Å². The highest BCUT2D eigenvalue weighted by Crippen LogP contribution is 2.20. The zero-order valence-corrected chi connectivity index (χ0v) is 20.4. The topological polar surface area (TPSA) is 94.4 Å². The molecule has 0 amide bonds. The zero-order valence-electron chi connectivity index (χ0n) is 18.1. The first-order valence-electron chi connectivity index (χ1n) is 10.7. The number of H-pyrrole nitrogens is 1. The zero-order chi connectivity index (χ0) is 21.5. The second kappa shape index (κ2) is 11.8. The van der Waals surface area contributed by atoms with Crippen molar-refractivity contribution < 1.29 is 8.81 Å². The van der Waals surface area contributed by atoms with Gasteiger partial charge in [0.2, 0.25) is 5.82 Å². The number of benzene rings is 1. The third kappa shape index (κ3) is 6.44. The first kappa shape index (κ1) is 24.0. The third-order valence-corrected chi connectivity index (χ3v) is 5.17. The molecule has 1 aliphatic heterocycles. The number of aromatic amines is 1. The van der Waals surface area contributed by atoms with E-state index in [-0.39, 0.29) is 35.8 Å². The highest BCUT2D eigenvalue weighted by Gasteiger charge is 2.21. The van der Waals surface area contributed by atoms with Gasteiger partial charge in [0.1, 0.15) is 11.6 Å². The van der Waals surface area contributed by atoms with E-state index in [1.165, 1.54) is 6.07 Å². The third-order valence-electron chi connectivity index (χ3n) is 5.17. The maximum Gasteiger partial charge on any atom is 0.216 e. The lowest BCUT2D eigenvalue weighted by molar-refractivity contribution is 0.467. The van der Waals surface area contributed by atoms with Crippen molar-refractivity contribution in [3.8, 4) is 11.6 Å². The molecule has 1 aromatic carbocycles. The van der Waals surface area contributed by atoms with Gasteiger partial charge in [0.25, 0.3) is 0 Å². The summed E-state index contributed by atoms with van der Waals surface area (Å²) in [7, 11) is 0. The van der Waals surface area contributed by atoms with Gasteiger partial charge in [-0.25, -0.2) is 9.37 Å².